The molecule has 0 aromatic carbocycles. The third-order valence-corrected chi connectivity index (χ3v) is 2.37. The van der Waals surface area contributed by atoms with Gasteiger partial charge in [-0.25, -0.2) is 4.98 Å². The third-order valence-electron chi connectivity index (χ3n) is 2.37. The van der Waals surface area contributed by atoms with Gasteiger partial charge >= 0.3 is 6.18 Å². The molecule has 0 saturated heterocycles. The summed E-state index contributed by atoms with van der Waals surface area (Å²) >= 11 is 0. The topological polar surface area (TPSA) is 28.2 Å². The average molecular weight is 247 g/mol. The van der Waals surface area contributed by atoms with Crippen LogP contribution in [0.25, 0.3) is 0 Å². The number of pyridine rings is 1. The van der Waals surface area contributed by atoms with Gasteiger partial charge in [0.15, 0.2) is 0 Å². The Labute approximate surface area is 98.6 Å². The predicted molar refractivity (Wildman–Crippen MR) is 60.8 cm³/mol. The highest BCUT2D eigenvalue weighted by molar-refractivity contribution is 5.42. The number of rotatable bonds is 5. The van der Waals surface area contributed by atoms with E-state index in [-0.39, 0.29) is 6.54 Å². The minimum absolute atomic E-state index is 0.236. The molecule has 0 aliphatic carbocycles. The fraction of sp³-hybridized carbons (Fsp3) is 0.545. The highest BCUT2D eigenvalue weighted by atomic mass is 19.4. The number of nitrogens with one attached hydrogen (secondary N) is 1. The molecule has 6 heteroatoms. The number of aromatic nitrogens is 1. The maximum absolute atomic E-state index is 12.3. The molecule has 1 heterocycles. The van der Waals surface area contributed by atoms with Gasteiger partial charge in [0, 0.05) is 25.4 Å². The molecule has 0 aliphatic heterocycles. The van der Waals surface area contributed by atoms with Gasteiger partial charge in [-0.15, -0.1) is 0 Å². The molecular formula is C11H16F3N3. The second-order valence-corrected chi connectivity index (χ2v) is 3.68. The predicted octanol–water partition coefficient (Wildman–Crippen LogP) is 2.51. The summed E-state index contributed by atoms with van der Waals surface area (Å²) in [6.07, 6.45) is -2.56. The first-order valence-electron chi connectivity index (χ1n) is 5.37. The SMILES string of the molecule is CCN(Cc1cccnc1NC)CC(F)(F)F. The van der Waals surface area contributed by atoms with Crippen LogP contribution < -0.4 is 5.32 Å². The van der Waals surface area contributed by atoms with Crippen LogP contribution >= 0.6 is 0 Å². The fourth-order valence-electron chi connectivity index (χ4n) is 1.57. The zero-order valence-electron chi connectivity index (χ0n) is 9.88. The molecule has 0 saturated carbocycles. The van der Waals surface area contributed by atoms with Crippen molar-refractivity contribution in [3.05, 3.63) is 23.9 Å². The van der Waals surface area contributed by atoms with Crippen LogP contribution in [0.2, 0.25) is 0 Å². The normalized spacial score (nSPS) is 11.9. The van der Waals surface area contributed by atoms with Gasteiger partial charge in [-0.2, -0.15) is 13.2 Å². The Morgan fingerprint density at radius 2 is 2.12 bits per heavy atom. The fourth-order valence-corrected chi connectivity index (χ4v) is 1.57. The van der Waals surface area contributed by atoms with Gasteiger partial charge in [0.1, 0.15) is 5.82 Å². The number of alkyl halides is 3. The maximum atomic E-state index is 12.3. The van der Waals surface area contributed by atoms with Crippen LogP contribution in [0.3, 0.4) is 0 Å². The quantitative estimate of drug-likeness (QED) is 0.866. The minimum atomic E-state index is -4.17. The van der Waals surface area contributed by atoms with Crippen LogP contribution in [0.4, 0.5) is 19.0 Å². The van der Waals surface area contributed by atoms with E-state index in [1.165, 1.54) is 4.90 Å². The van der Waals surface area contributed by atoms with Gasteiger partial charge in [0.25, 0.3) is 0 Å². The number of hydrogen-bond donors (Lipinski definition) is 1. The Hall–Kier alpha value is -1.30. The Morgan fingerprint density at radius 1 is 1.41 bits per heavy atom. The molecule has 0 unspecified atom stereocenters. The number of hydrogen-bond acceptors (Lipinski definition) is 3. The molecule has 0 spiro atoms. The van der Waals surface area contributed by atoms with Crippen molar-refractivity contribution < 1.29 is 13.2 Å². The van der Waals surface area contributed by atoms with E-state index in [1.807, 2.05) is 0 Å². The lowest BCUT2D eigenvalue weighted by atomic mass is 10.2. The van der Waals surface area contributed by atoms with Gasteiger partial charge in [0.05, 0.1) is 6.54 Å². The summed E-state index contributed by atoms with van der Waals surface area (Å²) in [4.78, 5) is 5.39. The monoisotopic (exact) mass is 247 g/mol. The van der Waals surface area contributed by atoms with Crippen LogP contribution in [0.15, 0.2) is 18.3 Å². The van der Waals surface area contributed by atoms with E-state index in [1.54, 1.807) is 32.3 Å². The molecule has 96 valence electrons. The first kappa shape index (κ1) is 13.8. The van der Waals surface area contributed by atoms with Gasteiger partial charge < -0.3 is 5.32 Å². The van der Waals surface area contributed by atoms with Crippen molar-refractivity contribution >= 4 is 5.82 Å². The van der Waals surface area contributed by atoms with Gasteiger partial charge in [0.2, 0.25) is 0 Å². The smallest absolute Gasteiger partial charge is 0.373 e. The Bertz CT molecular complexity index is 352. The van der Waals surface area contributed by atoms with Crippen molar-refractivity contribution in [3.63, 3.8) is 0 Å². The zero-order valence-corrected chi connectivity index (χ0v) is 9.88. The summed E-state index contributed by atoms with van der Waals surface area (Å²) in [5, 5.41) is 2.87. The summed E-state index contributed by atoms with van der Waals surface area (Å²) in [6.45, 7) is 1.39. The highest BCUT2D eigenvalue weighted by Gasteiger charge is 2.30. The minimum Gasteiger partial charge on any atom is -0.373 e. The Balaban J connectivity index is 2.73. The summed E-state index contributed by atoms with van der Waals surface area (Å²) in [5.74, 6) is 0.619. The molecule has 0 radical (unpaired) electrons. The molecule has 0 fully saturated rings. The average Bonchev–Trinajstić information content (AvgIpc) is 2.27. The van der Waals surface area contributed by atoms with Crippen molar-refractivity contribution in [1.82, 2.24) is 9.88 Å². The largest absolute Gasteiger partial charge is 0.401 e. The lowest BCUT2D eigenvalue weighted by molar-refractivity contribution is -0.146. The molecule has 0 amide bonds. The van der Waals surface area contributed by atoms with Crippen molar-refractivity contribution in [3.8, 4) is 0 Å². The van der Waals surface area contributed by atoms with Crippen molar-refractivity contribution in [2.45, 2.75) is 19.6 Å². The molecule has 1 aromatic rings. The summed E-state index contributed by atoms with van der Waals surface area (Å²) in [7, 11) is 1.70. The molecule has 0 aliphatic rings. The lowest BCUT2D eigenvalue weighted by Crippen LogP contribution is -2.33. The van der Waals surface area contributed by atoms with Gasteiger partial charge in [-0.05, 0) is 12.6 Å². The number of nitrogens with zero attached hydrogens (tertiary/aromatic N) is 2. The summed E-state index contributed by atoms with van der Waals surface area (Å²) in [6, 6.07) is 3.50. The van der Waals surface area contributed by atoms with E-state index in [0.717, 1.165) is 5.56 Å². The second kappa shape index (κ2) is 5.86. The van der Waals surface area contributed by atoms with E-state index >= 15 is 0 Å². The molecule has 1 rings (SSSR count). The molecule has 1 aromatic heterocycles. The van der Waals surface area contributed by atoms with E-state index in [9.17, 15) is 13.2 Å². The van der Waals surface area contributed by atoms with E-state index < -0.39 is 12.7 Å². The summed E-state index contributed by atoms with van der Waals surface area (Å²) in [5.41, 5.74) is 0.765. The standard InChI is InChI=1S/C11H16F3N3/c1-3-17(8-11(12,13)14)7-9-5-4-6-16-10(9)15-2/h4-6H,3,7-8H2,1-2H3,(H,15,16). The van der Waals surface area contributed by atoms with E-state index in [0.29, 0.717) is 12.4 Å². The Kier molecular flexibility index (Phi) is 4.74. The third kappa shape index (κ3) is 4.60. The van der Waals surface area contributed by atoms with E-state index in [2.05, 4.69) is 10.3 Å². The van der Waals surface area contributed by atoms with Crippen molar-refractivity contribution in [1.29, 1.82) is 0 Å². The first-order chi connectivity index (χ1) is 7.96. The van der Waals surface area contributed by atoms with Crippen LogP contribution in [0.5, 0.6) is 0 Å². The molecular weight excluding hydrogens is 231 g/mol. The second-order valence-electron chi connectivity index (χ2n) is 3.68. The zero-order chi connectivity index (χ0) is 12.9. The van der Waals surface area contributed by atoms with Crippen LogP contribution in [0.1, 0.15) is 12.5 Å². The molecule has 3 nitrogen and oxygen atoms in total. The molecule has 0 bridgehead atoms. The summed E-state index contributed by atoms with van der Waals surface area (Å²) < 4.78 is 36.9. The molecule has 17 heavy (non-hydrogen) atoms. The maximum Gasteiger partial charge on any atom is 0.401 e. The van der Waals surface area contributed by atoms with Crippen LogP contribution in [-0.4, -0.2) is 36.2 Å². The van der Waals surface area contributed by atoms with Crippen LogP contribution in [0, 0.1) is 0 Å². The van der Waals surface area contributed by atoms with Gasteiger partial charge in [-0.1, -0.05) is 13.0 Å². The van der Waals surface area contributed by atoms with Crippen LogP contribution in [-0.2, 0) is 6.54 Å². The number of halogens is 3. The van der Waals surface area contributed by atoms with Crippen molar-refractivity contribution in [2.75, 3.05) is 25.5 Å². The van der Waals surface area contributed by atoms with Gasteiger partial charge in [-0.3, -0.25) is 4.90 Å². The lowest BCUT2D eigenvalue weighted by Gasteiger charge is -2.22. The molecule has 1 N–H and O–H groups in total. The van der Waals surface area contributed by atoms with E-state index in [4.69, 9.17) is 0 Å². The molecule has 0 atom stereocenters. The Morgan fingerprint density at radius 3 is 2.65 bits per heavy atom. The van der Waals surface area contributed by atoms with Crippen molar-refractivity contribution in [2.24, 2.45) is 0 Å². The first-order valence-corrected chi connectivity index (χ1v) is 5.37. The highest BCUT2D eigenvalue weighted by Crippen LogP contribution is 2.19. The number of anilines is 1.